The van der Waals surface area contributed by atoms with Crippen LogP contribution in [0.3, 0.4) is 0 Å². The molecule has 0 fully saturated rings. The summed E-state index contributed by atoms with van der Waals surface area (Å²) >= 11 is 0. The number of carbonyl (C=O) groups excluding carboxylic acids is 4. The number of ketones is 2. The predicted octanol–water partition coefficient (Wildman–Crippen LogP) is 0.846. The molecule has 190 valence electrons. The van der Waals surface area contributed by atoms with Crippen molar-refractivity contribution in [1.82, 2.24) is 9.80 Å². The van der Waals surface area contributed by atoms with E-state index < -0.39 is 11.9 Å². The van der Waals surface area contributed by atoms with Crippen LogP contribution in [0, 0.1) is 0 Å². The molecule has 11 heteroatoms. The lowest BCUT2D eigenvalue weighted by Gasteiger charge is -2.19. The van der Waals surface area contributed by atoms with Gasteiger partial charge < -0.3 is 29.0 Å². The van der Waals surface area contributed by atoms with E-state index in [1.807, 2.05) is 19.0 Å². The minimum absolute atomic E-state index is 0.0758. The fourth-order valence-corrected chi connectivity index (χ4v) is 1.69. The molecule has 0 atom stereocenters. The van der Waals surface area contributed by atoms with Crippen molar-refractivity contribution in [2.75, 3.05) is 62.7 Å². The first-order chi connectivity index (χ1) is 14.9. The first-order valence-corrected chi connectivity index (χ1v) is 9.75. The summed E-state index contributed by atoms with van der Waals surface area (Å²) in [6.45, 7) is 6.72. The van der Waals surface area contributed by atoms with Crippen LogP contribution < -0.4 is 0 Å². The summed E-state index contributed by atoms with van der Waals surface area (Å²) < 4.78 is 18.9. The predicted molar refractivity (Wildman–Crippen MR) is 121 cm³/mol. The molecule has 0 aromatic heterocycles. The number of methoxy groups -OCH3 is 2. The fraction of sp³-hybridized carbons (Fsp3) is 0.714. The molecule has 0 aromatic rings. The van der Waals surface area contributed by atoms with Crippen LogP contribution >= 0.6 is 0 Å². The second-order valence-corrected chi connectivity index (χ2v) is 6.21. The average Bonchev–Trinajstić information content (AvgIpc) is 2.68. The molecule has 1 N–H and O–H groups in total. The van der Waals surface area contributed by atoms with E-state index in [2.05, 4.69) is 4.74 Å². The van der Waals surface area contributed by atoms with Gasteiger partial charge in [-0.25, -0.2) is 4.79 Å². The second kappa shape index (κ2) is 24.9. The third kappa shape index (κ3) is 25.7. The van der Waals surface area contributed by atoms with Gasteiger partial charge in [0.25, 0.3) is 0 Å². The number of esters is 2. The van der Waals surface area contributed by atoms with Gasteiger partial charge in [0.15, 0.2) is 5.78 Å². The van der Waals surface area contributed by atoms with Crippen LogP contribution in [0.15, 0.2) is 11.8 Å². The zero-order valence-corrected chi connectivity index (χ0v) is 21.4. The second-order valence-electron chi connectivity index (χ2n) is 6.21. The molecule has 0 rings (SSSR count). The van der Waals surface area contributed by atoms with Crippen molar-refractivity contribution in [3.8, 4) is 0 Å². The number of nitrogens with zero attached hydrogens (tertiary/aromatic N) is 2. The van der Waals surface area contributed by atoms with E-state index in [0.29, 0.717) is 6.61 Å². The molecule has 0 aliphatic heterocycles. The van der Waals surface area contributed by atoms with Crippen LogP contribution in [0.25, 0.3) is 0 Å². The van der Waals surface area contributed by atoms with Gasteiger partial charge in [0.05, 0.1) is 13.2 Å². The SMILES string of the molecule is CCOC(=O)C(=CN(C)C)C(C)=O.CCOC(=O)CC(C)=O.CO.COC(OC)N(C)C. The van der Waals surface area contributed by atoms with Gasteiger partial charge in [-0.2, -0.15) is 0 Å². The van der Waals surface area contributed by atoms with Gasteiger partial charge in [-0.3, -0.25) is 19.3 Å². The Bertz CT molecular complexity index is 543. The van der Waals surface area contributed by atoms with Crippen LogP contribution in [-0.2, 0) is 38.1 Å². The quantitative estimate of drug-likeness (QED) is 0.161. The van der Waals surface area contributed by atoms with Crippen molar-refractivity contribution in [1.29, 1.82) is 0 Å². The summed E-state index contributed by atoms with van der Waals surface area (Å²) in [5.41, 5.74) is 0.0758. The number of aliphatic hydroxyl groups is 1. The molecule has 0 saturated carbocycles. The van der Waals surface area contributed by atoms with E-state index in [9.17, 15) is 19.2 Å². The monoisotopic (exact) mass is 466 g/mol. The van der Waals surface area contributed by atoms with Gasteiger partial charge in [0, 0.05) is 41.6 Å². The van der Waals surface area contributed by atoms with Gasteiger partial charge in [0.2, 0.25) is 6.41 Å². The van der Waals surface area contributed by atoms with E-state index >= 15 is 0 Å². The largest absolute Gasteiger partial charge is 0.466 e. The molecular weight excluding hydrogens is 424 g/mol. The minimum atomic E-state index is -0.566. The first kappa shape index (κ1) is 37.0. The van der Waals surface area contributed by atoms with Gasteiger partial charge in [-0.1, -0.05) is 0 Å². The Morgan fingerprint density at radius 3 is 1.53 bits per heavy atom. The Balaban J connectivity index is -0.000000183. The van der Waals surface area contributed by atoms with E-state index in [0.717, 1.165) is 7.11 Å². The Hall–Kier alpha value is -2.34. The van der Waals surface area contributed by atoms with Crippen LogP contribution in [0.4, 0.5) is 0 Å². The van der Waals surface area contributed by atoms with E-state index in [4.69, 9.17) is 19.3 Å². The van der Waals surface area contributed by atoms with Crippen LogP contribution in [-0.4, -0.2) is 108 Å². The van der Waals surface area contributed by atoms with E-state index in [-0.39, 0.29) is 36.6 Å². The fourth-order valence-electron chi connectivity index (χ4n) is 1.69. The highest BCUT2D eigenvalue weighted by Crippen LogP contribution is 2.01. The zero-order valence-electron chi connectivity index (χ0n) is 21.4. The van der Waals surface area contributed by atoms with Gasteiger partial charge in [-0.15, -0.1) is 0 Å². The van der Waals surface area contributed by atoms with Crippen molar-refractivity contribution < 1.29 is 43.2 Å². The molecule has 0 saturated heterocycles. The smallest absolute Gasteiger partial charge is 0.343 e. The molecule has 0 aromatic carbocycles. The minimum Gasteiger partial charge on any atom is -0.466 e. The summed E-state index contributed by atoms with van der Waals surface area (Å²) in [5.74, 6) is -1.45. The normalized spacial score (nSPS) is 9.88. The summed E-state index contributed by atoms with van der Waals surface area (Å²) in [6, 6.07) is 0. The Labute approximate surface area is 192 Å². The van der Waals surface area contributed by atoms with Crippen molar-refractivity contribution in [2.24, 2.45) is 0 Å². The molecule has 0 heterocycles. The number of ether oxygens (including phenoxy) is 4. The maximum absolute atomic E-state index is 11.2. The Morgan fingerprint density at radius 1 is 0.875 bits per heavy atom. The van der Waals surface area contributed by atoms with Crippen molar-refractivity contribution in [3.05, 3.63) is 11.8 Å². The number of hydrogen-bond donors (Lipinski definition) is 1. The number of aliphatic hydroxyl groups excluding tert-OH is 1. The van der Waals surface area contributed by atoms with E-state index in [1.165, 1.54) is 20.0 Å². The molecule has 32 heavy (non-hydrogen) atoms. The molecule has 0 aliphatic carbocycles. The molecule has 0 spiro atoms. The summed E-state index contributed by atoms with van der Waals surface area (Å²) in [5, 5.41) is 7.00. The van der Waals surface area contributed by atoms with Crippen LogP contribution in [0.5, 0.6) is 0 Å². The van der Waals surface area contributed by atoms with Crippen LogP contribution in [0.2, 0.25) is 0 Å². The van der Waals surface area contributed by atoms with Gasteiger partial charge in [-0.05, 0) is 41.8 Å². The van der Waals surface area contributed by atoms with Gasteiger partial charge in [0.1, 0.15) is 17.8 Å². The molecule has 11 nitrogen and oxygen atoms in total. The summed E-state index contributed by atoms with van der Waals surface area (Å²) in [6.07, 6.45) is 1.14. The molecule has 0 unspecified atom stereocenters. The molecular formula is C21H42N2O9. The number of carbonyl (C=O) groups is 4. The summed E-state index contributed by atoms with van der Waals surface area (Å²) in [4.78, 5) is 46.3. The lowest BCUT2D eigenvalue weighted by atomic mass is 10.2. The number of rotatable bonds is 10. The van der Waals surface area contributed by atoms with Crippen molar-refractivity contribution in [2.45, 2.75) is 40.5 Å². The Morgan fingerprint density at radius 2 is 1.31 bits per heavy atom. The zero-order chi connectivity index (χ0) is 26.3. The number of Topliss-reactive ketones (excluding diaryl/α,β-unsaturated/α-hetero) is 2. The van der Waals surface area contributed by atoms with Crippen molar-refractivity contribution in [3.63, 3.8) is 0 Å². The molecule has 0 amide bonds. The topological polar surface area (TPSA) is 132 Å². The molecule has 0 radical (unpaired) electrons. The molecule has 0 aliphatic rings. The van der Waals surface area contributed by atoms with E-state index in [1.54, 1.807) is 47.1 Å². The highest BCUT2D eigenvalue weighted by Gasteiger charge is 2.15. The average molecular weight is 467 g/mol. The maximum atomic E-state index is 11.2. The standard InChI is InChI=1S/C9H15NO3.C6H10O3.C5H13NO2.CH4O/c1-5-13-9(12)8(7(2)11)6-10(3)4;1-3-9-6(8)4-5(2)7;1-6(2)5(7-3)8-4;1-2/h6H,5H2,1-4H3;3-4H2,1-2H3;5H,1-4H3;2H,1H3. The molecule has 0 bridgehead atoms. The Kier molecular flexibility index (Phi) is 28.8. The lowest BCUT2D eigenvalue weighted by Crippen LogP contribution is -2.30. The lowest BCUT2D eigenvalue weighted by molar-refractivity contribution is -0.179. The number of hydrogen-bond acceptors (Lipinski definition) is 11. The third-order valence-electron chi connectivity index (χ3n) is 2.79. The van der Waals surface area contributed by atoms with Crippen molar-refractivity contribution >= 4 is 23.5 Å². The highest BCUT2D eigenvalue weighted by molar-refractivity contribution is 6.16. The third-order valence-corrected chi connectivity index (χ3v) is 2.79. The first-order valence-electron chi connectivity index (χ1n) is 9.75. The van der Waals surface area contributed by atoms with Gasteiger partial charge >= 0.3 is 11.9 Å². The maximum Gasteiger partial charge on any atom is 0.343 e. The summed E-state index contributed by atoms with van der Waals surface area (Å²) in [7, 11) is 11.5. The van der Waals surface area contributed by atoms with Crippen LogP contribution in [0.1, 0.15) is 34.1 Å². The highest BCUT2D eigenvalue weighted by atomic mass is 16.7.